The zero-order chi connectivity index (χ0) is 14.8. The number of anilines is 2. The van der Waals surface area contributed by atoms with Crippen molar-refractivity contribution in [2.45, 2.75) is 20.0 Å². The fourth-order valence-electron chi connectivity index (χ4n) is 2.20. The van der Waals surface area contributed by atoms with E-state index in [-0.39, 0.29) is 12.5 Å². The number of carbonyl (C=O) groups excluding carboxylic acids is 1. The molecule has 2 N–H and O–H groups in total. The van der Waals surface area contributed by atoms with Gasteiger partial charge >= 0.3 is 0 Å². The number of fused-ring (bicyclic) bond motifs is 1. The second-order valence-corrected chi connectivity index (χ2v) is 5.06. The average Bonchev–Trinajstić information content (AvgIpc) is 2.92. The number of nitrogens with one attached hydrogen (secondary N) is 2. The summed E-state index contributed by atoms with van der Waals surface area (Å²) in [5, 5.41) is 6.49. The lowest BCUT2D eigenvalue weighted by atomic mass is 10.2. The number of nitrogens with zero attached hydrogens (tertiary/aromatic N) is 2. The maximum Gasteiger partial charge on any atom is 0.262 e. The molecule has 1 amide bonds. The van der Waals surface area contributed by atoms with Crippen molar-refractivity contribution in [2.24, 2.45) is 0 Å². The molecule has 1 aliphatic heterocycles. The normalized spacial score (nSPS) is 13.3. The summed E-state index contributed by atoms with van der Waals surface area (Å²) in [7, 11) is 0. The Hall–Kier alpha value is -2.21. The molecule has 7 heteroatoms. The van der Waals surface area contributed by atoms with Crippen molar-refractivity contribution in [3.8, 4) is 5.75 Å². The molecule has 0 spiro atoms. The molecule has 6 nitrogen and oxygen atoms in total. The monoisotopic (exact) mass is 306 g/mol. The number of hydrogen-bond donors (Lipinski definition) is 2. The first-order chi connectivity index (χ1) is 10.2. The predicted octanol–water partition coefficient (Wildman–Crippen LogP) is 2.50. The lowest BCUT2D eigenvalue weighted by Crippen LogP contribution is -2.25. The lowest BCUT2D eigenvalue weighted by Gasteiger charge is -2.20. The molecule has 0 saturated heterocycles. The van der Waals surface area contributed by atoms with Gasteiger partial charge in [0.2, 0.25) is 0 Å². The molecule has 0 saturated carbocycles. The van der Waals surface area contributed by atoms with Crippen LogP contribution >= 0.6 is 11.6 Å². The van der Waals surface area contributed by atoms with Gasteiger partial charge in [0.05, 0.1) is 22.9 Å². The Labute approximate surface area is 127 Å². The van der Waals surface area contributed by atoms with Gasteiger partial charge in [-0.15, -0.1) is 0 Å². The average molecular weight is 307 g/mol. The number of imidazole rings is 1. The van der Waals surface area contributed by atoms with E-state index < -0.39 is 0 Å². The molecular weight excluding hydrogens is 292 g/mol. The third kappa shape index (κ3) is 2.80. The van der Waals surface area contributed by atoms with Crippen LogP contribution in [0.5, 0.6) is 5.75 Å². The molecule has 1 aromatic heterocycles. The van der Waals surface area contributed by atoms with Crippen LogP contribution in [0, 0.1) is 0 Å². The fraction of sp³-hybridized carbons (Fsp3) is 0.286. The Balaban J connectivity index is 1.78. The van der Waals surface area contributed by atoms with Crippen molar-refractivity contribution < 1.29 is 9.53 Å². The van der Waals surface area contributed by atoms with Crippen molar-refractivity contribution in [3.05, 3.63) is 35.4 Å². The van der Waals surface area contributed by atoms with E-state index in [9.17, 15) is 4.79 Å². The summed E-state index contributed by atoms with van der Waals surface area (Å²) >= 11 is 6.23. The Kier molecular flexibility index (Phi) is 3.70. The summed E-state index contributed by atoms with van der Waals surface area (Å²) in [6.45, 7) is 3.51. The molecular formula is C14H15ClN4O2. The van der Waals surface area contributed by atoms with Gasteiger partial charge in [-0.25, -0.2) is 4.98 Å². The zero-order valence-corrected chi connectivity index (χ0v) is 12.3. The topological polar surface area (TPSA) is 68.2 Å². The number of benzene rings is 1. The molecule has 1 aliphatic rings. The summed E-state index contributed by atoms with van der Waals surface area (Å²) in [5.41, 5.74) is 1.34. The number of aryl methyl sites for hydroxylation is 1. The third-order valence-electron chi connectivity index (χ3n) is 3.28. The maximum absolute atomic E-state index is 11.3. The lowest BCUT2D eigenvalue weighted by molar-refractivity contribution is -0.118. The highest BCUT2D eigenvalue weighted by Crippen LogP contribution is 2.36. The summed E-state index contributed by atoms with van der Waals surface area (Å²) < 4.78 is 7.43. The van der Waals surface area contributed by atoms with Gasteiger partial charge in [0.15, 0.2) is 6.61 Å². The second-order valence-electron chi connectivity index (χ2n) is 4.65. The van der Waals surface area contributed by atoms with Crippen molar-refractivity contribution >= 4 is 28.9 Å². The number of ether oxygens (including phenoxy) is 1. The first-order valence-electron chi connectivity index (χ1n) is 6.67. The molecule has 3 rings (SSSR count). The summed E-state index contributed by atoms with van der Waals surface area (Å²) in [6, 6.07) is 3.47. The summed E-state index contributed by atoms with van der Waals surface area (Å²) in [4.78, 5) is 15.6. The molecule has 1 aromatic carbocycles. The number of rotatable bonds is 4. The van der Waals surface area contributed by atoms with Gasteiger partial charge in [0.25, 0.3) is 5.91 Å². The van der Waals surface area contributed by atoms with Gasteiger partial charge in [0.1, 0.15) is 11.6 Å². The van der Waals surface area contributed by atoms with E-state index in [4.69, 9.17) is 16.3 Å². The number of halogens is 1. The molecule has 0 aliphatic carbocycles. The molecule has 110 valence electrons. The molecule has 0 atom stereocenters. The van der Waals surface area contributed by atoms with Gasteiger partial charge in [0, 0.05) is 25.0 Å². The van der Waals surface area contributed by atoms with Gasteiger partial charge in [-0.05, 0) is 13.0 Å². The van der Waals surface area contributed by atoms with Crippen LogP contribution in [0.15, 0.2) is 24.5 Å². The zero-order valence-electron chi connectivity index (χ0n) is 11.5. The summed E-state index contributed by atoms with van der Waals surface area (Å²) in [6.07, 6.45) is 3.71. The number of aromatic nitrogens is 2. The van der Waals surface area contributed by atoms with Gasteiger partial charge in [-0.2, -0.15) is 0 Å². The van der Waals surface area contributed by atoms with Gasteiger partial charge < -0.3 is 19.9 Å². The Morgan fingerprint density at radius 3 is 3.19 bits per heavy atom. The highest BCUT2D eigenvalue weighted by atomic mass is 35.5. The molecule has 2 heterocycles. The van der Waals surface area contributed by atoms with Crippen LogP contribution in [0.3, 0.4) is 0 Å². The first-order valence-corrected chi connectivity index (χ1v) is 7.05. The quantitative estimate of drug-likeness (QED) is 0.910. The van der Waals surface area contributed by atoms with Gasteiger partial charge in [-0.1, -0.05) is 11.6 Å². The van der Waals surface area contributed by atoms with Crippen LogP contribution in [0.4, 0.5) is 11.4 Å². The Morgan fingerprint density at radius 1 is 1.52 bits per heavy atom. The Bertz CT molecular complexity index is 684. The highest BCUT2D eigenvalue weighted by Gasteiger charge is 2.18. The maximum atomic E-state index is 11.3. The number of amides is 1. The molecule has 0 radical (unpaired) electrons. The second kappa shape index (κ2) is 5.65. The van der Waals surface area contributed by atoms with Crippen molar-refractivity contribution in [1.82, 2.24) is 9.55 Å². The largest absolute Gasteiger partial charge is 0.482 e. The van der Waals surface area contributed by atoms with E-state index in [1.165, 1.54) is 0 Å². The minimum atomic E-state index is -0.177. The van der Waals surface area contributed by atoms with E-state index in [1.54, 1.807) is 18.3 Å². The smallest absolute Gasteiger partial charge is 0.262 e. The Morgan fingerprint density at radius 2 is 2.38 bits per heavy atom. The number of carbonyl (C=O) groups is 1. The highest BCUT2D eigenvalue weighted by molar-refractivity contribution is 6.33. The number of hydrogen-bond acceptors (Lipinski definition) is 4. The van der Waals surface area contributed by atoms with Crippen molar-refractivity contribution in [1.29, 1.82) is 0 Å². The molecule has 2 aromatic rings. The minimum Gasteiger partial charge on any atom is -0.482 e. The van der Waals surface area contributed by atoms with E-state index in [1.807, 2.05) is 6.20 Å². The fourth-order valence-corrected chi connectivity index (χ4v) is 2.44. The van der Waals surface area contributed by atoms with Crippen LogP contribution in [-0.4, -0.2) is 22.1 Å². The van der Waals surface area contributed by atoms with E-state index in [2.05, 4.69) is 27.1 Å². The molecule has 0 fully saturated rings. The van der Waals surface area contributed by atoms with Crippen LogP contribution in [0.25, 0.3) is 0 Å². The van der Waals surface area contributed by atoms with Gasteiger partial charge in [-0.3, -0.25) is 4.79 Å². The molecule has 21 heavy (non-hydrogen) atoms. The van der Waals surface area contributed by atoms with Crippen molar-refractivity contribution in [2.75, 3.05) is 17.2 Å². The van der Waals surface area contributed by atoms with E-state index in [0.717, 1.165) is 18.1 Å². The van der Waals surface area contributed by atoms with Crippen LogP contribution in [0.1, 0.15) is 12.7 Å². The van der Waals surface area contributed by atoms with Crippen LogP contribution < -0.4 is 15.4 Å². The van der Waals surface area contributed by atoms with E-state index in [0.29, 0.717) is 23.0 Å². The molecule has 0 unspecified atom stereocenters. The standard InChI is InChI=1S/C14H15ClN4O2/c1-2-19-4-3-16-13(19)7-17-10-6-12-11(5-9(10)15)18-14(20)8-21-12/h3-6,17H,2,7-8H2,1H3,(H,18,20). The predicted molar refractivity (Wildman–Crippen MR) is 80.8 cm³/mol. The minimum absolute atomic E-state index is 0.0221. The van der Waals surface area contributed by atoms with E-state index >= 15 is 0 Å². The first kappa shape index (κ1) is 13.8. The third-order valence-corrected chi connectivity index (χ3v) is 3.59. The SMILES string of the molecule is CCn1ccnc1CNc1cc2c(cc1Cl)NC(=O)CO2. The van der Waals surface area contributed by atoms with Crippen molar-refractivity contribution in [3.63, 3.8) is 0 Å². The molecule has 0 bridgehead atoms. The van der Waals surface area contributed by atoms with Crippen LogP contribution in [0.2, 0.25) is 5.02 Å². The van der Waals surface area contributed by atoms with Crippen LogP contribution in [-0.2, 0) is 17.9 Å². The summed E-state index contributed by atoms with van der Waals surface area (Å²) in [5.74, 6) is 1.37.